The second-order valence-corrected chi connectivity index (χ2v) is 6.70. The van der Waals surface area contributed by atoms with Gasteiger partial charge >= 0.3 is 0 Å². The SMILES string of the molecule is COc1ccc(C(=O)Nc2c(Cl)c[nH]c(=O)c2Cl)c2cc(C(C)C)nn12. The van der Waals surface area contributed by atoms with Gasteiger partial charge in [0.2, 0.25) is 5.88 Å². The molecule has 0 atom stereocenters. The zero-order valence-electron chi connectivity index (χ0n) is 14.3. The molecule has 0 saturated carbocycles. The first-order valence-corrected chi connectivity index (χ1v) is 8.53. The van der Waals surface area contributed by atoms with Gasteiger partial charge in [-0.05, 0) is 18.1 Å². The number of carbonyl (C=O) groups excluding carboxylic acids is 1. The zero-order valence-corrected chi connectivity index (χ0v) is 15.8. The van der Waals surface area contributed by atoms with E-state index in [9.17, 15) is 9.59 Å². The van der Waals surface area contributed by atoms with Crippen LogP contribution in [-0.4, -0.2) is 27.6 Å². The van der Waals surface area contributed by atoms with Crippen LogP contribution in [0.2, 0.25) is 10.0 Å². The van der Waals surface area contributed by atoms with Gasteiger partial charge in [-0.25, -0.2) is 0 Å². The number of H-pyrrole nitrogens is 1. The summed E-state index contributed by atoms with van der Waals surface area (Å²) in [6.07, 6.45) is 1.27. The number of ether oxygens (including phenoxy) is 1. The van der Waals surface area contributed by atoms with E-state index in [4.69, 9.17) is 27.9 Å². The summed E-state index contributed by atoms with van der Waals surface area (Å²) in [4.78, 5) is 26.8. The number of aromatic nitrogens is 3. The number of aromatic amines is 1. The second-order valence-electron chi connectivity index (χ2n) is 5.92. The van der Waals surface area contributed by atoms with Crippen molar-refractivity contribution in [3.63, 3.8) is 0 Å². The van der Waals surface area contributed by atoms with Gasteiger partial charge in [-0.2, -0.15) is 9.61 Å². The van der Waals surface area contributed by atoms with Crippen molar-refractivity contribution in [3.8, 4) is 5.88 Å². The first-order chi connectivity index (χ1) is 12.3. The van der Waals surface area contributed by atoms with E-state index in [1.807, 2.05) is 19.9 Å². The third-order valence-electron chi connectivity index (χ3n) is 3.88. The van der Waals surface area contributed by atoms with Crippen molar-refractivity contribution < 1.29 is 9.53 Å². The molecule has 3 aromatic heterocycles. The summed E-state index contributed by atoms with van der Waals surface area (Å²) in [6, 6.07) is 5.08. The van der Waals surface area contributed by atoms with Crippen LogP contribution in [0.25, 0.3) is 5.52 Å². The molecule has 0 unspecified atom stereocenters. The Bertz CT molecular complexity index is 1060. The van der Waals surface area contributed by atoms with E-state index in [2.05, 4.69) is 15.4 Å². The topological polar surface area (TPSA) is 88.5 Å². The molecule has 9 heteroatoms. The average molecular weight is 395 g/mol. The molecule has 1 amide bonds. The van der Waals surface area contributed by atoms with Gasteiger partial charge in [-0.1, -0.05) is 37.0 Å². The van der Waals surface area contributed by atoms with Crippen molar-refractivity contribution in [2.45, 2.75) is 19.8 Å². The first kappa shape index (κ1) is 18.3. The highest BCUT2D eigenvalue weighted by molar-refractivity contribution is 6.39. The quantitative estimate of drug-likeness (QED) is 0.705. The van der Waals surface area contributed by atoms with Crippen molar-refractivity contribution in [2.75, 3.05) is 12.4 Å². The molecule has 0 aromatic carbocycles. The van der Waals surface area contributed by atoms with Crippen LogP contribution < -0.4 is 15.6 Å². The molecular weight excluding hydrogens is 379 g/mol. The van der Waals surface area contributed by atoms with Gasteiger partial charge < -0.3 is 15.0 Å². The maximum absolute atomic E-state index is 12.8. The summed E-state index contributed by atoms with van der Waals surface area (Å²) in [5.41, 5.74) is 1.24. The highest BCUT2D eigenvalue weighted by atomic mass is 35.5. The number of nitrogens with zero attached hydrogens (tertiary/aromatic N) is 2. The fourth-order valence-corrected chi connectivity index (χ4v) is 2.93. The number of pyridine rings is 2. The van der Waals surface area contributed by atoms with Gasteiger partial charge in [0.05, 0.1) is 34.6 Å². The lowest BCUT2D eigenvalue weighted by Gasteiger charge is -2.10. The summed E-state index contributed by atoms with van der Waals surface area (Å²) in [6.45, 7) is 4.01. The summed E-state index contributed by atoms with van der Waals surface area (Å²) in [5, 5.41) is 7.03. The Balaban J connectivity index is 2.09. The molecule has 2 N–H and O–H groups in total. The average Bonchev–Trinajstić information content (AvgIpc) is 3.06. The Morgan fingerprint density at radius 3 is 2.73 bits per heavy atom. The zero-order chi connectivity index (χ0) is 19.0. The lowest BCUT2D eigenvalue weighted by atomic mass is 10.1. The molecular formula is C17H16Cl2N4O3. The number of carbonyl (C=O) groups is 1. The molecule has 0 fully saturated rings. The molecule has 7 nitrogen and oxygen atoms in total. The minimum absolute atomic E-state index is 0.0552. The van der Waals surface area contributed by atoms with Gasteiger partial charge in [-0.3, -0.25) is 9.59 Å². The van der Waals surface area contributed by atoms with Crippen LogP contribution in [-0.2, 0) is 0 Å². The lowest BCUT2D eigenvalue weighted by Crippen LogP contribution is -2.17. The summed E-state index contributed by atoms with van der Waals surface area (Å²) < 4.78 is 6.87. The number of halogens is 2. The molecule has 3 rings (SSSR count). The Morgan fingerprint density at radius 2 is 2.08 bits per heavy atom. The number of fused-ring (bicyclic) bond motifs is 1. The van der Waals surface area contributed by atoms with Gasteiger partial charge in [0.25, 0.3) is 11.5 Å². The number of methoxy groups -OCH3 is 1. The van der Waals surface area contributed by atoms with Crippen LogP contribution in [0.3, 0.4) is 0 Å². The van der Waals surface area contributed by atoms with Crippen LogP contribution in [0.4, 0.5) is 5.69 Å². The normalized spacial score (nSPS) is 11.2. The summed E-state index contributed by atoms with van der Waals surface area (Å²) in [5.74, 6) is 0.199. The van der Waals surface area contributed by atoms with Crippen molar-refractivity contribution in [2.24, 2.45) is 0 Å². The van der Waals surface area contributed by atoms with Gasteiger partial charge in [0.1, 0.15) is 5.02 Å². The van der Waals surface area contributed by atoms with E-state index in [1.54, 1.807) is 16.6 Å². The van der Waals surface area contributed by atoms with Crippen molar-refractivity contribution in [1.82, 2.24) is 14.6 Å². The number of nitrogens with one attached hydrogen (secondary N) is 2. The van der Waals surface area contributed by atoms with Crippen LogP contribution in [0.1, 0.15) is 35.8 Å². The van der Waals surface area contributed by atoms with Crippen LogP contribution in [0.15, 0.2) is 29.2 Å². The molecule has 3 heterocycles. The maximum atomic E-state index is 12.8. The number of amides is 1. The minimum Gasteiger partial charge on any atom is -0.481 e. The highest BCUT2D eigenvalue weighted by Crippen LogP contribution is 2.28. The standard InChI is InChI=1S/C17H16Cl2N4O3/c1-8(2)11-6-12-9(4-5-13(26-3)23(12)22-11)16(24)21-15-10(18)7-20-17(25)14(15)19/h4-8H,1-3H3,(H2,20,21,24,25). The third kappa shape index (κ3) is 3.15. The van der Waals surface area contributed by atoms with E-state index in [1.165, 1.54) is 13.3 Å². The Labute approximate surface area is 158 Å². The van der Waals surface area contributed by atoms with E-state index in [0.29, 0.717) is 17.0 Å². The number of hydrogen-bond acceptors (Lipinski definition) is 4. The molecule has 0 aliphatic heterocycles. The molecule has 0 radical (unpaired) electrons. The number of hydrogen-bond donors (Lipinski definition) is 2. The highest BCUT2D eigenvalue weighted by Gasteiger charge is 2.19. The summed E-state index contributed by atoms with van der Waals surface area (Å²) >= 11 is 12.0. The molecule has 3 aromatic rings. The Kier molecular flexibility index (Phi) is 4.93. The van der Waals surface area contributed by atoms with Crippen molar-refractivity contribution in [3.05, 3.63) is 56.1 Å². The molecule has 0 spiro atoms. The van der Waals surface area contributed by atoms with E-state index in [0.717, 1.165) is 5.69 Å². The fraction of sp³-hybridized carbons (Fsp3) is 0.235. The molecule has 0 aliphatic carbocycles. The number of rotatable bonds is 4. The number of anilines is 1. The van der Waals surface area contributed by atoms with Crippen LogP contribution in [0, 0.1) is 0 Å². The maximum Gasteiger partial charge on any atom is 0.268 e. The van der Waals surface area contributed by atoms with Gasteiger partial charge in [0, 0.05) is 12.3 Å². The Morgan fingerprint density at radius 1 is 1.35 bits per heavy atom. The monoisotopic (exact) mass is 394 g/mol. The largest absolute Gasteiger partial charge is 0.481 e. The predicted octanol–water partition coefficient (Wildman–Crippen LogP) is 3.71. The molecule has 0 saturated heterocycles. The van der Waals surface area contributed by atoms with Gasteiger partial charge in [0.15, 0.2) is 0 Å². The van der Waals surface area contributed by atoms with Crippen molar-refractivity contribution in [1.29, 1.82) is 0 Å². The first-order valence-electron chi connectivity index (χ1n) is 7.78. The lowest BCUT2D eigenvalue weighted by molar-refractivity contribution is 0.102. The smallest absolute Gasteiger partial charge is 0.268 e. The third-order valence-corrected chi connectivity index (χ3v) is 4.54. The van der Waals surface area contributed by atoms with E-state index >= 15 is 0 Å². The molecule has 26 heavy (non-hydrogen) atoms. The van der Waals surface area contributed by atoms with E-state index < -0.39 is 11.5 Å². The summed E-state index contributed by atoms with van der Waals surface area (Å²) in [7, 11) is 1.53. The predicted molar refractivity (Wildman–Crippen MR) is 101 cm³/mol. The molecule has 0 bridgehead atoms. The van der Waals surface area contributed by atoms with E-state index in [-0.39, 0.29) is 21.7 Å². The van der Waals surface area contributed by atoms with Crippen LogP contribution >= 0.6 is 23.2 Å². The van der Waals surface area contributed by atoms with Crippen LogP contribution in [0.5, 0.6) is 5.88 Å². The Hall–Kier alpha value is -2.51. The van der Waals surface area contributed by atoms with Gasteiger partial charge in [-0.15, -0.1) is 0 Å². The minimum atomic E-state index is -0.544. The molecule has 0 aliphatic rings. The molecule has 136 valence electrons. The van der Waals surface area contributed by atoms with Crippen molar-refractivity contribution >= 4 is 40.3 Å². The second kappa shape index (κ2) is 7.01. The fourth-order valence-electron chi connectivity index (χ4n) is 2.48.